The minimum Gasteiger partial charge on any atom is -0.264 e. The van der Waals surface area contributed by atoms with Crippen LogP contribution in [0.1, 0.15) is 11.1 Å². The third-order valence-corrected chi connectivity index (χ3v) is 3.74. The zero-order valence-corrected chi connectivity index (χ0v) is 10.8. The molecule has 2 heterocycles. The number of aromatic nitrogens is 3. The molecule has 0 fully saturated rings. The Morgan fingerprint density at radius 3 is 2.60 bits per heavy atom. The first-order valence-electron chi connectivity index (χ1n) is 6.59. The van der Waals surface area contributed by atoms with Crippen LogP contribution in [0.2, 0.25) is 0 Å². The lowest BCUT2D eigenvalue weighted by Gasteiger charge is -2.17. The van der Waals surface area contributed by atoms with Crippen LogP contribution in [-0.4, -0.2) is 14.8 Å². The fourth-order valence-electron chi connectivity index (χ4n) is 2.76. The van der Waals surface area contributed by atoms with Crippen LogP contribution >= 0.6 is 0 Å². The Labute approximate surface area is 115 Å². The molecular weight excluding hydrogens is 253 g/mol. The number of aryl methyl sites for hydroxylation is 2. The van der Waals surface area contributed by atoms with Gasteiger partial charge in [0.25, 0.3) is 0 Å². The molecule has 2 aromatic heterocycles. The molecule has 0 unspecified atom stereocenters. The second kappa shape index (κ2) is 4.27. The molecule has 0 spiro atoms. The lowest BCUT2D eigenvalue weighted by Crippen LogP contribution is -2.07. The molecule has 0 aliphatic heterocycles. The Balaban J connectivity index is 1.93. The maximum absolute atomic E-state index is 13.1. The molecule has 98 valence electrons. The maximum atomic E-state index is 13.1. The largest absolute Gasteiger partial charge is 0.264 e. The number of rotatable bonds is 1. The van der Waals surface area contributed by atoms with E-state index in [2.05, 4.69) is 10.1 Å². The third kappa shape index (κ3) is 1.65. The number of benzene rings is 1. The molecule has 3 nitrogen and oxygen atoms in total. The molecule has 4 heteroatoms. The van der Waals surface area contributed by atoms with Crippen molar-refractivity contribution in [3.8, 4) is 16.9 Å². The highest BCUT2D eigenvalue weighted by Crippen LogP contribution is 2.34. The van der Waals surface area contributed by atoms with Crippen LogP contribution in [0.4, 0.5) is 4.39 Å². The van der Waals surface area contributed by atoms with Gasteiger partial charge in [0.15, 0.2) is 0 Å². The highest BCUT2D eigenvalue weighted by Gasteiger charge is 2.21. The molecule has 20 heavy (non-hydrogen) atoms. The molecule has 0 saturated heterocycles. The van der Waals surface area contributed by atoms with Gasteiger partial charge in [-0.2, -0.15) is 5.10 Å². The second-order valence-corrected chi connectivity index (χ2v) is 4.94. The van der Waals surface area contributed by atoms with Gasteiger partial charge in [-0.15, -0.1) is 0 Å². The van der Waals surface area contributed by atoms with Crippen molar-refractivity contribution >= 4 is 0 Å². The number of nitrogens with zero attached hydrogens (tertiary/aromatic N) is 3. The second-order valence-electron chi connectivity index (χ2n) is 4.94. The Morgan fingerprint density at radius 2 is 1.75 bits per heavy atom. The average Bonchev–Trinajstić information content (AvgIpc) is 2.92. The van der Waals surface area contributed by atoms with E-state index in [4.69, 9.17) is 0 Å². The van der Waals surface area contributed by atoms with Crippen molar-refractivity contribution in [2.75, 3.05) is 0 Å². The zero-order valence-electron chi connectivity index (χ0n) is 10.8. The predicted octanol–water partition coefficient (Wildman–Crippen LogP) is 3.17. The van der Waals surface area contributed by atoms with Gasteiger partial charge in [-0.1, -0.05) is 0 Å². The lowest BCUT2D eigenvalue weighted by atomic mass is 9.92. The SMILES string of the molecule is Fc1ccc(-n2ncc3c2-c2ccncc2CC3)cc1. The van der Waals surface area contributed by atoms with Crippen LogP contribution in [0.15, 0.2) is 48.9 Å². The summed E-state index contributed by atoms with van der Waals surface area (Å²) < 4.78 is 15.0. The summed E-state index contributed by atoms with van der Waals surface area (Å²) >= 11 is 0. The molecule has 0 bridgehead atoms. The normalized spacial score (nSPS) is 12.8. The van der Waals surface area contributed by atoms with Gasteiger partial charge in [0, 0.05) is 18.0 Å². The van der Waals surface area contributed by atoms with Gasteiger partial charge >= 0.3 is 0 Å². The molecule has 0 N–H and O–H groups in total. The smallest absolute Gasteiger partial charge is 0.123 e. The molecule has 0 saturated carbocycles. The van der Waals surface area contributed by atoms with E-state index in [9.17, 15) is 4.39 Å². The van der Waals surface area contributed by atoms with E-state index in [-0.39, 0.29) is 5.82 Å². The molecule has 0 radical (unpaired) electrons. The van der Waals surface area contributed by atoms with Crippen LogP contribution in [0.25, 0.3) is 16.9 Å². The van der Waals surface area contributed by atoms with Crippen LogP contribution in [0.5, 0.6) is 0 Å². The zero-order chi connectivity index (χ0) is 13.5. The Bertz CT molecular complexity index is 775. The minimum atomic E-state index is -0.237. The van der Waals surface area contributed by atoms with E-state index in [0.29, 0.717) is 0 Å². The number of fused-ring (bicyclic) bond motifs is 3. The molecule has 1 aliphatic carbocycles. The van der Waals surface area contributed by atoms with E-state index in [1.807, 2.05) is 23.1 Å². The third-order valence-electron chi connectivity index (χ3n) is 3.74. The Morgan fingerprint density at radius 1 is 0.950 bits per heavy atom. The lowest BCUT2D eigenvalue weighted by molar-refractivity contribution is 0.627. The standard InChI is InChI=1S/C16H12FN3/c17-13-3-5-14(6-4-13)20-16-12(10-19-20)2-1-11-9-18-8-7-15(11)16/h3-10H,1-2H2. The average molecular weight is 265 g/mol. The Hall–Kier alpha value is -2.49. The summed E-state index contributed by atoms with van der Waals surface area (Å²) in [5.41, 5.74) is 5.61. The van der Waals surface area contributed by atoms with Gasteiger partial charge in [0.2, 0.25) is 0 Å². The van der Waals surface area contributed by atoms with Gasteiger partial charge in [-0.3, -0.25) is 4.98 Å². The van der Waals surface area contributed by atoms with Gasteiger partial charge < -0.3 is 0 Å². The topological polar surface area (TPSA) is 30.7 Å². The first kappa shape index (κ1) is 11.3. The van der Waals surface area contributed by atoms with Crippen molar-refractivity contribution in [2.24, 2.45) is 0 Å². The molecule has 3 aromatic rings. The summed E-state index contributed by atoms with van der Waals surface area (Å²) in [6.07, 6.45) is 7.58. The minimum absolute atomic E-state index is 0.237. The van der Waals surface area contributed by atoms with Crippen molar-refractivity contribution in [3.05, 3.63) is 65.9 Å². The molecular formula is C16H12FN3. The van der Waals surface area contributed by atoms with E-state index in [1.165, 1.54) is 28.8 Å². The van der Waals surface area contributed by atoms with Gasteiger partial charge in [0.1, 0.15) is 5.82 Å². The van der Waals surface area contributed by atoms with E-state index >= 15 is 0 Å². The van der Waals surface area contributed by atoms with Crippen LogP contribution < -0.4 is 0 Å². The first-order chi connectivity index (χ1) is 9.83. The van der Waals surface area contributed by atoms with E-state index in [0.717, 1.165) is 24.2 Å². The molecule has 4 rings (SSSR count). The fraction of sp³-hybridized carbons (Fsp3) is 0.125. The predicted molar refractivity (Wildman–Crippen MR) is 74.2 cm³/mol. The summed E-state index contributed by atoms with van der Waals surface area (Å²) in [6, 6.07) is 8.44. The Kier molecular flexibility index (Phi) is 2.42. The summed E-state index contributed by atoms with van der Waals surface area (Å²) in [4.78, 5) is 4.19. The van der Waals surface area contributed by atoms with Gasteiger partial charge in [-0.05, 0) is 54.3 Å². The van der Waals surface area contributed by atoms with Crippen molar-refractivity contribution < 1.29 is 4.39 Å². The number of hydrogen-bond donors (Lipinski definition) is 0. The maximum Gasteiger partial charge on any atom is 0.123 e. The van der Waals surface area contributed by atoms with E-state index < -0.39 is 0 Å². The highest BCUT2D eigenvalue weighted by molar-refractivity contribution is 5.70. The molecule has 1 aliphatic rings. The van der Waals surface area contributed by atoms with Crippen LogP contribution in [-0.2, 0) is 12.8 Å². The van der Waals surface area contributed by atoms with Crippen LogP contribution in [0, 0.1) is 5.82 Å². The number of halogens is 1. The van der Waals surface area contributed by atoms with Crippen molar-refractivity contribution in [1.29, 1.82) is 0 Å². The van der Waals surface area contributed by atoms with Crippen molar-refractivity contribution in [2.45, 2.75) is 12.8 Å². The summed E-state index contributed by atoms with van der Waals surface area (Å²) in [5.74, 6) is -0.237. The summed E-state index contributed by atoms with van der Waals surface area (Å²) in [5, 5.41) is 4.47. The van der Waals surface area contributed by atoms with Gasteiger partial charge in [0.05, 0.1) is 17.6 Å². The number of hydrogen-bond acceptors (Lipinski definition) is 2. The molecule has 0 atom stereocenters. The van der Waals surface area contributed by atoms with Crippen molar-refractivity contribution in [3.63, 3.8) is 0 Å². The molecule has 0 amide bonds. The van der Waals surface area contributed by atoms with Crippen LogP contribution in [0.3, 0.4) is 0 Å². The first-order valence-corrected chi connectivity index (χ1v) is 6.59. The summed E-state index contributed by atoms with van der Waals surface area (Å²) in [6.45, 7) is 0. The highest BCUT2D eigenvalue weighted by atomic mass is 19.1. The summed E-state index contributed by atoms with van der Waals surface area (Å²) in [7, 11) is 0. The van der Waals surface area contributed by atoms with Gasteiger partial charge in [-0.25, -0.2) is 9.07 Å². The molecule has 1 aromatic carbocycles. The van der Waals surface area contributed by atoms with Crippen molar-refractivity contribution in [1.82, 2.24) is 14.8 Å². The number of pyridine rings is 1. The monoisotopic (exact) mass is 265 g/mol. The van der Waals surface area contributed by atoms with E-state index in [1.54, 1.807) is 18.3 Å². The quantitative estimate of drug-likeness (QED) is 0.676. The fourth-order valence-corrected chi connectivity index (χ4v) is 2.76.